The van der Waals surface area contributed by atoms with Crippen molar-refractivity contribution in [3.8, 4) is 0 Å². The fourth-order valence-corrected chi connectivity index (χ4v) is 1.71. The van der Waals surface area contributed by atoms with Gasteiger partial charge in [0.1, 0.15) is 11.6 Å². The maximum atomic E-state index is 13.4. The van der Waals surface area contributed by atoms with Crippen LogP contribution in [0, 0.1) is 11.6 Å². The molecule has 0 aliphatic carbocycles. The molecule has 0 unspecified atom stereocenters. The Balaban J connectivity index is 2.15. The fourth-order valence-electron chi connectivity index (χ4n) is 1.53. The maximum Gasteiger partial charge on any atom is 0.255 e. The molecule has 0 heterocycles. The van der Waals surface area contributed by atoms with E-state index in [-0.39, 0.29) is 5.69 Å². The first-order chi connectivity index (χ1) is 9.10. The highest BCUT2D eigenvalue weighted by Gasteiger charge is 2.09. The minimum absolute atomic E-state index is 0.0622. The Morgan fingerprint density at radius 3 is 2.37 bits per heavy atom. The first kappa shape index (κ1) is 13.5. The number of benzene rings is 2. The van der Waals surface area contributed by atoms with Gasteiger partial charge in [-0.25, -0.2) is 8.78 Å². The molecule has 19 heavy (non-hydrogen) atoms. The van der Waals surface area contributed by atoms with Gasteiger partial charge in [-0.05, 0) is 29.8 Å². The molecule has 1 amide bonds. The van der Waals surface area contributed by atoms with E-state index < -0.39 is 17.5 Å². The van der Waals surface area contributed by atoms with E-state index in [0.717, 1.165) is 11.6 Å². The predicted octanol–water partition coefficient (Wildman–Crippen LogP) is 3.96. The molecule has 2 aromatic rings. The average Bonchev–Trinajstić information content (AvgIpc) is 2.42. The van der Waals surface area contributed by atoms with Crippen LogP contribution in [-0.4, -0.2) is 5.91 Å². The highest BCUT2D eigenvalue weighted by molar-refractivity contribution is 6.17. The van der Waals surface area contributed by atoms with E-state index in [1.807, 2.05) is 0 Å². The summed E-state index contributed by atoms with van der Waals surface area (Å²) in [6, 6.07) is 9.58. The number of hydrogen-bond donors (Lipinski definition) is 1. The number of nitrogens with one attached hydrogen (secondary N) is 1. The zero-order valence-electron chi connectivity index (χ0n) is 9.79. The SMILES string of the molecule is O=C(Nc1ccc(F)cc1F)c1ccc(CCl)cc1. The van der Waals surface area contributed by atoms with Crippen LogP contribution in [0.15, 0.2) is 42.5 Å². The number of alkyl halides is 1. The van der Waals surface area contributed by atoms with Crippen molar-refractivity contribution in [2.75, 3.05) is 5.32 Å². The van der Waals surface area contributed by atoms with Gasteiger partial charge in [0, 0.05) is 17.5 Å². The third-order valence-corrected chi connectivity index (χ3v) is 2.86. The van der Waals surface area contributed by atoms with E-state index in [2.05, 4.69) is 5.32 Å². The molecule has 0 spiro atoms. The molecule has 0 bridgehead atoms. The van der Waals surface area contributed by atoms with Crippen LogP contribution >= 0.6 is 11.6 Å². The number of carbonyl (C=O) groups is 1. The third-order valence-electron chi connectivity index (χ3n) is 2.55. The first-order valence-electron chi connectivity index (χ1n) is 5.51. The molecule has 2 nitrogen and oxygen atoms in total. The normalized spacial score (nSPS) is 10.3. The van der Waals surface area contributed by atoms with Crippen molar-refractivity contribution in [3.63, 3.8) is 0 Å². The Hall–Kier alpha value is -1.94. The molecule has 0 aromatic heterocycles. The summed E-state index contributed by atoms with van der Waals surface area (Å²) in [5, 5.41) is 2.38. The number of rotatable bonds is 3. The van der Waals surface area contributed by atoms with Gasteiger partial charge in [0.2, 0.25) is 0 Å². The van der Waals surface area contributed by atoms with Gasteiger partial charge in [0.15, 0.2) is 0 Å². The number of halogens is 3. The van der Waals surface area contributed by atoms with Gasteiger partial charge in [-0.1, -0.05) is 12.1 Å². The van der Waals surface area contributed by atoms with E-state index in [1.165, 1.54) is 6.07 Å². The van der Waals surface area contributed by atoms with Gasteiger partial charge < -0.3 is 5.32 Å². The van der Waals surface area contributed by atoms with Crippen LogP contribution in [0.25, 0.3) is 0 Å². The lowest BCUT2D eigenvalue weighted by molar-refractivity contribution is 0.102. The van der Waals surface area contributed by atoms with E-state index in [0.29, 0.717) is 17.5 Å². The van der Waals surface area contributed by atoms with Gasteiger partial charge in [0.05, 0.1) is 5.69 Å². The van der Waals surface area contributed by atoms with Crippen molar-refractivity contribution in [1.29, 1.82) is 0 Å². The van der Waals surface area contributed by atoms with E-state index in [4.69, 9.17) is 11.6 Å². The van der Waals surface area contributed by atoms with Crippen LogP contribution in [0.3, 0.4) is 0 Å². The monoisotopic (exact) mass is 281 g/mol. The summed E-state index contributed by atoms with van der Waals surface area (Å²) < 4.78 is 26.1. The van der Waals surface area contributed by atoms with Gasteiger partial charge in [-0.3, -0.25) is 4.79 Å². The van der Waals surface area contributed by atoms with E-state index >= 15 is 0 Å². The molecule has 0 atom stereocenters. The second-order valence-electron chi connectivity index (χ2n) is 3.91. The van der Waals surface area contributed by atoms with Crippen LogP contribution in [0.2, 0.25) is 0 Å². The molecule has 0 radical (unpaired) electrons. The maximum absolute atomic E-state index is 13.4. The minimum Gasteiger partial charge on any atom is -0.319 e. The molecule has 0 fully saturated rings. The Labute approximate surface area is 114 Å². The van der Waals surface area contributed by atoms with Gasteiger partial charge in [-0.15, -0.1) is 11.6 Å². The smallest absolute Gasteiger partial charge is 0.255 e. The van der Waals surface area contributed by atoms with Crippen molar-refractivity contribution in [2.45, 2.75) is 5.88 Å². The lowest BCUT2D eigenvalue weighted by Gasteiger charge is -2.06. The second-order valence-corrected chi connectivity index (χ2v) is 4.18. The van der Waals surface area contributed by atoms with E-state index in [9.17, 15) is 13.6 Å². The molecule has 0 aliphatic rings. The highest BCUT2D eigenvalue weighted by atomic mass is 35.5. The molecule has 1 N–H and O–H groups in total. The van der Waals surface area contributed by atoms with Crippen molar-refractivity contribution in [1.82, 2.24) is 0 Å². The Kier molecular flexibility index (Phi) is 4.12. The molecule has 5 heteroatoms. The number of hydrogen-bond acceptors (Lipinski definition) is 1. The summed E-state index contributed by atoms with van der Waals surface area (Å²) in [6.07, 6.45) is 0. The summed E-state index contributed by atoms with van der Waals surface area (Å²) in [4.78, 5) is 11.8. The van der Waals surface area contributed by atoms with Crippen molar-refractivity contribution < 1.29 is 13.6 Å². The van der Waals surface area contributed by atoms with Gasteiger partial charge >= 0.3 is 0 Å². The standard InChI is InChI=1S/C14H10ClF2NO/c15-8-9-1-3-10(4-2-9)14(19)18-13-6-5-11(16)7-12(13)17/h1-7H,8H2,(H,18,19). The van der Waals surface area contributed by atoms with Crippen LogP contribution in [0.1, 0.15) is 15.9 Å². The summed E-state index contributed by atoms with van der Waals surface area (Å²) in [5.41, 5.74) is 1.19. The molecule has 0 saturated carbocycles. The largest absolute Gasteiger partial charge is 0.319 e. The van der Waals surface area contributed by atoms with E-state index in [1.54, 1.807) is 24.3 Å². The average molecular weight is 282 g/mol. The Morgan fingerprint density at radius 1 is 1.11 bits per heavy atom. The van der Waals surface area contributed by atoms with Crippen molar-refractivity contribution in [2.24, 2.45) is 0 Å². The summed E-state index contributed by atoms with van der Waals surface area (Å²) in [7, 11) is 0. The molecule has 98 valence electrons. The van der Waals surface area contributed by atoms with Gasteiger partial charge in [0.25, 0.3) is 5.91 Å². The quantitative estimate of drug-likeness (QED) is 0.848. The molecular formula is C14H10ClF2NO. The minimum atomic E-state index is -0.814. The summed E-state index contributed by atoms with van der Waals surface area (Å²) in [6.45, 7) is 0. The first-order valence-corrected chi connectivity index (χ1v) is 6.05. The molecular weight excluding hydrogens is 272 g/mol. The number of anilines is 1. The van der Waals surface area contributed by atoms with Crippen LogP contribution in [0.4, 0.5) is 14.5 Å². The zero-order chi connectivity index (χ0) is 13.8. The zero-order valence-corrected chi connectivity index (χ0v) is 10.5. The van der Waals surface area contributed by atoms with Crippen LogP contribution < -0.4 is 5.32 Å². The van der Waals surface area contributed by atoms with Crippen molar-refractivity contribution >= 4 is 23.2 Å². The van der Waals surface area contributed by atoms with Crippen LogP contribution in [0.5, 0.6) is 0 Å². The predicted molar refractivity (Wildman–Crippen MR) is 70.3 cm³/mol. The highest BCUT2D eigenvalue weighted by Crippen LogP contribution is 2.16. The fraction of sp³-hybridized carbons (Fsp3) is 0.0714. The molecule has 2 aromatic carbocycles. The lowest BCUT2D eigenvalue weighted by Crippen LogP contribution is -2.13. The molecule has 2 rings (SSSR count). The number of amides is 1. The Bertz CT molecular complexity index is 599. The third kappa shape index (κ3) is 3.29. The Morgan fingerprint density at radius 2 is 1.79 bits per heavy atom. The summed E-state index contributed by atoms with van der Waals surface area (Å²) in [5.74, 6) is -1.62. The molecule has 0 aliphatic heterocycles. The molecule has 0 saturated heterocycles. The van der Waals surface area contributed by atoms with Gasteiger partial charge in [-0.2, -0.15) is 0 Å². The lowest BCUT2D eigenvalue weighted by atomic mass is 10.1. The van der Waals surface area contributed by atoms with Crippen molar-refractivity contribution in [3.05, 3.63) is 65.2 Å². The topological polar surface area (TPSA) is 29.1 Å². The summed E-state index contributed by atoms with van der Waals surface area (Å²) >= 11 is 5.64. The number of carbonyl (C=O) groups excluding carboxylic acids is 1. The van der Waals surface area contributed by atoms with Crippen LogP contribution in [-0.2, 0) is 5.88 Å². The second kappa shape index (κ2) is 5.80.